The molecule has 1 aromatic heterocycles. The molecule has 0 aliphatic carbocycles. The van der Waals surface area contributed by atoms with Crippen LogP contribution in [0.5, 0.6) is 5.88 Å². The van der Waals surface area contributed by atoms with Crippen LogP contribution >= 0.6 is 0 Å². The summed E-state index contributed by atoms with van der Waals surface area (Å²) in [4.78, 5) is 6.38. The number of nitrogen functional groups attached to an aromatic ring is 1. The fraction of sp³-hybridized carbons (Fsp3) is 0.429. The molecule has 96 valence electrons. The van der Waals surface area contributed by atoms with E-state index in [1.54, 1.807) is 0 Å². The van der Waals surface area contributed by atoms with Gasteiger partial charge in [0.15, 0.2) is 0 Å². The van der Waals surface area contributed by atoms with Gasteiger partial charge in [0.1, 0.15) is 0 Å². The van der Waals surface area contributed by atoms with Gasteiger partial charge >= 0.3 is 12.4 Å². The summed E-state index contributed by atoms with van der Waals surface area (Å²) >= 11 is 0. The maximum atomic E-state index is 12.1. The first-order valence-electron chi connectivity index (χ1n) is 3.99. The van der Waals surface area contributed by atoms with Gasteiger partial charge in [0.25, 0.3) is 6.10 Å². The molecule has 4 nitrogen and oxygen atoms in total. The summed E-state index contributed by atoms with van der Waals surface area (Å²) in [5.74, 6) is -1.40. The van der Waals surface area contributed by atoms with Crippen molar-refractivity contribution < 1.29 is 31.1 Å². The quantitative estimate of drug-likeness (QED) is 0.826. The second-order valence-corrected chi connectivity index (χ2v) is 2.83. The van der Waals surface area contributed by atoms with Gasteiger partial charge in [-0.25, -0.2) is 4.98 Å². The molecular weight excluding hydrogens is 256 g/mol. The van der Waals surface area contributed by atoms with Crippen molar-refractivity contribution in [3.8, 4) is 5.88 Å². The molecule has 0 bridgehead atoms. The lowest BCUT2D eigenvalue weighted by atomic mass is 10.3. The zero-order valence-electron chi connectivity index (χ0n) is 7.88. The van der Waals surface area contributed by atoms with E-state index >= 15 is 0 Å². The lowest BCUT2D eigenvalue weighted by Gasteiger charge is -2.23. The van der Waals surface area contributed by atoms with E-state index in [0.29, 0.717) is 0 Å². The van der Waals surface area contributed by atoms with Crippen LogP contribution in [0.4, 0.5) is 32.3 Å². The van der Waals surface area contributed by atoms with Crippen LogP contribution in [0.25, 0.3) is 0 Å². The Morgan fingerprint density at radius 2 is 1.65 bits per heavy atom. The van der Waals surface area contributed by atoms with Gasteiger partial charge in [0, 0.05) is 12.3 Å². The lowest BCUT2D eigenvalue weighted by molar-refractivity contribution is -0.300. The third-order valence-corrected chi connectivity index (χ3v) is 1.48. The number of hydrogen-bond donors (Lipinski definition) is 1. The molecule has 0 unspecified atom stereocenters. The van der Waals surface area contributed by atoms with Gasteiger partial charge in [0.2, 0.25) is 11.8 Å². The molecule has 17 heavy (non-hydrogen) atoms. The van der Waals surface area contributed by atoms with Gasteiger partial charge in [0.05, 0.1) is 0 Å². The molecule has 0 aliphatic heterocycles. The van der Waals surface area contributed by atoms with Crippen LogP contribution in [0.15, 0.2) is 12.3 Å². The van der Waals surface area contributed by atoms with E-state index in [2.05, 4.69) is 14.7 Å². The van der Waals surface area contributed by atoms with Gasteiger partial charge < -0.3 is 10.5 Å². The molecule has 0 radical (unpaired) electrons. The number of nitrogens with two attached hydrogens (primary N) is 1. The normalized spacial score (nSPS) is 12.9. The van der Waals surface area contributed by atoms with Crippen molar-refractivity contribution >= 4 is 5.95 Å². The van der Waals surface area contributed by atoms with Crippen LogP contribution in [0, 0.1) is 0 Å². The molecule has 0 saturated carbocycles. The Kier molecular flexibility index (Phi) is 3.34. The molecule has 0 aliphatic rings. The highest BCUT2D eigenvalue weighted by atomic mass is 19.4. The van der Waals surface area contributed by atoms with Crippen molar-refractivity contribution in [2.24, 2.45) is 0 Å². The van der Waals surface area contributed by atoms with Crippen molar-refractivity contribution in [3.63, 3.8) is 0 Å². The van der Waals surface area contributed by atoms with Crippen LogP contribution < -0.4 is 10.5 Å². The van der Waals surface area contributed by atoms with Crippen molar-refractivity contribution in [1.82, 2.24) is 9.97 Å². The molecule has 10 heteroatoms. The average molecular weight is 261 g/mol. The molecule has 0 aromatic carbocycles. The van der Waals surface area contributed by atoms with Crippen molar-refractivity contribution in [2.75, 3.05) is 5.73 Å². The van der Waals surface area contributed by atoms with Crippen molar-refractivity contribution in [2.45, 2.75) is 18.5 Å². The van der Waals surface area contributed by atoms with Gasteiger partial charge in [-0.1, -0.05) is 0 Å². The maximum Gasteiger partial charge on any atom is 0.434 e. The van der Waals surface area contributed by atoms with Crippen LogP contribution in [0.2, 0.25) is 0 Å². The molecule has 0 spiro atoms. The first kappa shape index (κ1) is 13.3. The smallest absolute Gasteiger partial charge is 0.434 e. The maximum absolute atomic E-state index is 12.1. The van der Waals surface area contributed by atoms with Crippen LogP contribution in [0.1, 0.15) is 0 Å². The zero-order valence-corrected chi connectivity index (χ0v) is 7.88. The Labute approximate surface area is 90.4 Å². The molecule has 1 heterocycles. The number of hydrogen-bond acceptors (Lipinski definition) is 4. The fourth-order valence-electron chi connectivity index (χ4n) is 0.862. The highest BCUT2D eigenvalue weighted by Crippen LogP contribution is 2.35. The fourth-order valence-corrected chi connectivity index (χ4v) is 0.862. The van der Waals surface area contributed by atoms with E-state index in [0.717, 1.165) is 12.3 Å². The summed E-state index contributed by atoms with van der Waals surface area (Å²) in [5, 5.41) is 0. The van der Waals surface area contributed by atoms with E-state index < -0.39 is 30.3 Å². The molecule has 1 rings (SSSR count). The number of halogens is 6. The van der Waals surface area contributed by atoms with E-state index in [-0.39, 0.29) is 0 Å². The molecular formula is C7H5F6N3O. The minimum absolute atomic E-state index is 0.495. The molecule has 0 atom stereocenters. The van der Waals surface area contributed by atoms with Gasteiger partial charge in [-0.2, -0.15) is 31.3 Å². The number of aromatic nitrogens is 2. The van der Waals surface area contributed by atoms with E-state index in [9.17, 15) is 26.3 Å². The summed E-state index contributed by atoms with van der Waals surface area (Å²) in [7, 11) is 0. The van der Waals surface area contributed by atoms with Crippen LogP contribution in [0.3, 0.4) is 0 Å². The minimum atomic E-state index is -5.60. The van der Waals surface area contributed by atoms with Crippen molar-refractivity contribution in [1.29, 1.82) is 0 Å². The Morgan fingerprint density at radius 1 is 1.12 bits per heavy atom. The molecule has 0 saturated heterocycles. The summed E-state index contributed by atoms with van der Waals surface area (Å²) in [6, 6.07) is 0.737. The topological polar surface area (TPSA) is 61.0 Å². The Balaban J connectivity index is 2.96. The standard InChI is InChI=1S/C7H5F6N3O/c8-6(9,10)4(7(11,12)13)17-3-1-2-15-5(14)16-3/h1-2,4H,(H2,14,15,16). The molecule has 2 N–H and O–H groups in total. The predicted molar refractivity (Wildman–Crippen MR) is 43.0 cm³/mol. The zero-order chi connectivity index (χ0) is 13.3. The lowest BCUT2D eigenvalue weighted by Crippen LogP contribution is -2.46. The first-order valence-corrected chi connectivity index (χ1v) is 3.99. The summed E-state index contributed by atoms with van der Waals surface area (Å²) in [5.41, 5.74) is 4.99. The highest BCUT2D eigenvalue weighted by Gasteiger charge is 2.59. The predicted octanol–water partition coefficient (Wildman–Crippen LogP) is 1.93. The number of nitrogens with zero attached hydrogens (tertiary/aromatic N) is 2. The summed E-state index contributed by atoms with van der Waals surface area (Å²) in [6.45, 7) is 0. The van der Waals surface area contributed by atoms with Gasteiger partial charge in [-0.05, 0) is 0 Å². The number of alkyl halides is 6. The second kappa shape index (κ2) is 4.26. The second-order valence-electron chi connectivity index (χ2n) is 2.83. The third-order valence-electron chi connectivity index (χ3n) is 1.48. The Hall–Kier alpha value is -1.74. The van der Waals surface area contributed by atoms with Crippen LogP contribution in [-0.2, 0) is 0 Å². The molecule has 0 fully saturated rings. The average Bonchev–Trinajstić information content (AvgIpc) is 2.10. The SMILES string of the molecule is Nc1nccc(OC(C(F)(F)F)C(F)(F)F)n1. The number of rotatable bonds is 2. The molecule has 1 aromatic rings. The van der Waals surface area contributed by atoms with E-state index in [4.69, 9.17) is 5.73 Å². The summed E-state index contributed by atoms with van der Waals surface area (Å²) in [6.07, 6.45) is -14.3. The third kappa shape index (κ3) is 3.64. The van der Waals surface area contributed by atoms with E-state index in [1.165, 1.54) is 0 Å². The Morgan fingerprint density at radius 3 is 2.06 bits per heavy atom. The van der Waals surface area contributed by atoms with Crippen molar-refractivity contribution in [3.05, 3.63) is 12.3 Å². The minimum Gasteiger partial charge on any atom is -0.455 e. The van der Waals surface area contributed by atoms with E-state index in [1.807, 2.05) is 0 Å². The molecule has 0 amide bonds. The Bertz CT molecular complexity index is 376. The number of ether oxygens (including phenoxy) is 1. The number of anilines is 1. The highest BCUT2D eigenvalue weighted by molar-refractivity contribution is 5.21. The summed E-state index contributed by atoms with van der Waals surface area (Å²) < 4.78 is 76.2. The monoisotopic (exact) mass is 261 g/mol. The largest absolute Gasteiger partial charge is 0.455 e. The van der Waals surface area contributed by atoms with Gasteiger partial charge in [-0.3, -0.25) is 0 Å². The van der Waals surface area contributed by atoms with Crippen LogP contribution in [-0.4, -0.2) is 28.4 Å². The first-order chi connectivity index (χ1) is 7.60. The van der Waals surface area contributed by atoms with Gasteiger partial charge in [-0.15, -0.1) is 0 Å².